The third kappa shape index (κ3) is 4.36. The number of aromatic nitrogens is 4. The molecule has 0 radical (unpaired) electrons. The highest BCUT2D eigenvalue weighted by molar-refractivity contribution is 6.00. The van der Waals surface area contributed by atoms with Gasteiger partial charge in [0.15, 0.2) is 11.5 Å². The molecule has 0 amide bonds. The van der Waals surface area contributed by atoms with Crippen LogP contribution < -0.4 is 4.90 Å². The van der Waals surface area contributed by atoms with Crippen molar-refractivity contribution in [1.82, 2.24) is 20.1 Å². The van der Waals surface area contributed by atoms with Crippen molar-refractivity contribution < 1.29 is 27.6 Å². The molecular formula is C25H22F3N5O3. The zero-order chi connectivity index (χ0) is 25.6. The predicted octanol–water partition coefficient (Wildman–Crippen LogP) is 5.24. The summed E-state index contributed by atoms with van der Waals surface area (Å²) >= 11 is 0. The van der Waals surface area contributed by atoms with Gasteiger partial charge in [0.1, 0.15) is 23.8 Å². The van der Waals surface area contributed by atoms with Crippen molar-refractivity contribution in [3.63, 3.8) is 0 Å². The summed E-state index contributed by atoms with van der Waals surface area (Å²) in [7, 11) is 0. The van der Waals surface area contributed by atoms with Crippen molar-refractivity contribution in [2.24, 2.45) is 0 Å². The number of carboxylic acid groups (broad SMARTS) is 1. The van der Waals surface area contributed by atoms with E-state index in [-0.39, 0.29) is 11.8 Å². The molecular weight excluding hydrogens is 475 g/mol. The molecule has 1 aliphatic heterocycles. The van der Waals surface area contributed by atoms with Crippen molar-refractivity contribution in [3.05, 3.63) is 65.6 Å². The van der Waals surface area contributed by atoms with Crippen LogP contribution in [0.1, 0.15) is 54.7 Å². The molecule has 1 N–H and O–H groups in total. The molecule has 0 saturated carbocycles. The minimum absolute atomic E-state index is 0.0165. The van der Waals surface area contributed by atoms with Gasteiger partial charge in [0.25, 0.3) is 5.89 Å². The second-order valence-corrected chi connectivity index (χ2v) is 9.24. The summed E-state index contributed by atoms with van der Waals surface area (Å²) in [6, 6.07) is 6.19. The highest BCUT2D eigenvalue weighted by Crippen LogP contribution is 2.36. The summed E-state index contributed by atoms with van der Waals surface area (Å²) in [6.07, 6.45) is 2.67. The van der Waals surface area contributed by atoms with E-state index >= 15 is 0 Å². The number of piperidine rings is 1. The number of aromatic carboxylic acids is 1. The third-order valence-corrected chi connectivity index (χ3v) is 6.30. The third-order valence-electron chi connectivity index (χ3n) is 6.30. The number of anilines is 1. The first kappa shape index (κ1) is 23.7. The van der Waals surface area contributed by atoms with Gasteiger partial charge >= 0.3 is 5.97 Å². The van der Waals surface area contributed by atoms with Gasteiger partial charge in [-0.1, -0.05) is 11.2 Å². The average molecular weight is 497 g/mol. The van der Waals surface area contributed by atoms with Gasteiger partial charge in [0.05, 0.1) is 11.1 Å². The lowest BCUT2D eigenvalue weighted by Gasteiger charge is -2.32. The van der Waals surface area contributed by atoms with Gasteiger partial charge in [-0.3, -0.25) is 0 Å². The van der Waals surface area contributed by atoms with Gasteiger partial charge in [-0.15, -0.1) is 0 Å². The van der Waals surface area contributed by atoms with Crippen molar-refractivity contribution in [1.29, 1.82) is 0 Å². The molecule has 1 saturated heterocycles. The maximum Gasteiger partial charge on any atom is 0.338 e. The fourth-order valence-corrected chi connectivity index (χ4v) is 4.44. The van der Waals surface area contributed by atoms with E-state index in [1.165, 1.54) is 38.4 Å². The number of halogens is 3. The van der Waals surface area contributed by atoms with Gasteiger partial charge in [0, 0.05) is 30.0 Å². The van der Waals surface area contributed by atoms with Crippen LogP contribution in [0.3, 0.4) is 0 Å². The first-order chi connectivity index (χ1) is 17.1. The van der Waals surface area contributed by atoms with E-state index in [4.69, 9.17) is 9.63 Å². The van der Waals surface area contributed by atoms with E-state index in [9.17, 15) is 18.0 Å². The van der Waals surface area contributed by atoms with E-state index in [1.54, 1.807) is 0 Å². The lowest BCUT2D eigenvalue weighted by atomic mass is 9.95. The Bertz CT molecular complexity index is 1460. The van der Waals surface area contributed by atoms with Crippen molar-refractivity contribution in [2.45, 2.75) is 38.3 Å². The molecule has 5 rings (SSSR count). The maximum atomic E-state index is 14.7. The van der Waals surface area contributed by atoms with Crippen molar-refractivity contribution in [3.8, 4) is 11.1 Å². The maximum absolute atomic E-state index is 14.7. The Hall–Kier alpha value is -4.02. The fourth-order valence-electron chi connectivity index (χ4n) is 4.44. The minimum Gasteiger partial charge on any atom is -0.478 e. The van der Waals surface area contributed by atoms with Crippen molar-refractivity contribution >= 4 is 22.7 Å². The minimum atomic E-state index is -1.72. The van der Waals surface area contributed by atoms with Crippen LogP contribution in [0.2, 0.25) is 0 Å². The van der Waals surface area contributed by atoms with Crippen molar-refractivity contribution in [2.75, 3.05) is 18.0 Å². The second kappa shape index (κ2) is 8.89. The van der Waals surface area contributed by atoms with Crippen LogP contribution in [-0.4, -0.2) is 44.3 Å². The van der Waals surface area contributed by atoms with E-state index in [1.807, 2.05) is 4.90 Å². The van der Waals surface area contributed by atoms with Crippen LogP contribution in [0, 0.1) is 11.6 Å². The first-order valence-corrected chi connectivity index (χ1v) is 11.4. The summed E-state index contributed by atoms with van der Waals surface area (Å²) < 4.78 is 48.2. The van der Waals surface area contributed by atoms with Gasteiger partial charge in [-0.2, -0.15) is 4.98 Å². The number of hydrogen-bond acceptors (Lipinski definition) is 7. The fraction of sp³-hybridized carbons (Fsp3) is 0.320. The summed E-state index contributed by atoms with van der Waals surface area (Å²) in [6.45, 7) is 3.84. The number of rotatable bonds is 5. The van der Waals surface area contributed by atoms with Crippen LogP contribution in [0.5, 0.6) is 0 Å². The Balaban J connectivity index is 1.45. The normalized spacial score (nSPS) is 15.0. The molecule has 3 heterocycles. The highest BCUT2D eigenvalue weighted by atomic mass is 19.1. The number of carbonyl (C=O) groups is 1. The molecule has 0 bridgehead atoms. The Morgan fingerprint density at radius 2 is 1.89 bits per heavy atom. The zero-order valence-electron chi connectivity index (χ0n) is 19.5. The van der Waals surface area contributed by atoms with Gasteiger partial charge in [-0.25, -0.2) is 27.9 Å². The lowest BCUT2D eigenvalue weighted by molar-refractivity contribution is 0.0692. The Morgan fingerprint density at radius 3 is 2.53 bits per heavy atom. The SMILES string of the molecule is CC(C)(F)c1nc(C2CCN(c3ncnc4c(-c5ccc(C(=O)O)c(F)c5)cc(F)cc34)CC2)no1. The Labute approximate surface area is 203 Å². The molecule has 8 nitrogen and oxygen atoms in total. The molecule has 1 aliphatic rings. The molecule has 0 aliphatic carbocycles. The zero-order valence-corrected chi connectivity index (χ0v) is 19.5. The number of fused-ring (bicyclic) bond motifs is 1. The number of carboxylic acids is 1. The van der Waals surface area contributed by atoms with Gasteiger partial charge in [0.2, 0.25) is 0 Å². The second-order valence-electron chi connectivity index (χ2n) is 9.24. The smallest absolute Gasteiger partial charge is 0.338 e. The van der Waals surface area contributed by atoms with Crippen LogP contribution in [0.15, 0.2) is 41.2 Å². The lowest BCUT2D eigenvalue weighted by Crippen LogP contribution is -2.34. The van der Waals surface area contributed by atoms with Crippen LogP contribution in [-0.2, 0) is 5.67 Å². The first-order valence-electron chi connectivity index (χ1n) is 11.4. The standard InChI is InChI=1S/C25H22F3N5O3/c1-25(2,28)24-31-21(32-36-24)13-5-7-33(8-6-13)22-18-11-15(26)10-17(20(18)29-12-30-22)14-3-4-16(23(34)35)19(27)9-14/h3-4,9-13H,5-8H2,1-2H3,(H,34,35). The number of alkyl halides is 1. The van der Waals surface area contributed by atoms with E-state index in [2.05, 4.69) is 20.1 Å². The molecule has 0 spiro atoms. The molecule has 0 unspecified atom stereocenters. The summed E-state index contributed by atoms with van der Waals surface area (Å²) in [4.78, 5) is 26.1. The molecule has 0 atom stereocenters. The van der Waals surface area contributed by atoms with E-state index < -0.39 is 28.8 Å². The molecule has 2 aromatic heterocycles. The quantitative estimate of drug-likeness (QED) is 0.399. The number of hydrogen-bond donors (Lipinski definition) is 1. The van der Waals surface area contributed by atoms with E-state index in [0.29, 0.717) is 59.6 Å². The van der Waals surface area contributed by atoms with Gasteiger partial charge in [-0.05, 0) is 56.5 Å². The van der Waals surface area contributed by atoms with Crippen LogP contribution in [0.4, 0.5) is 19.0 Å². The molecule has 186 valence electrons. The number of benzene rings is 2. The predicted molar refractivity (Wildman–Crippen MR) is 124 cm³/mol. The highest BCUT2D eigenvalue weighted by Gasteiger charge is 2.31. The largest absolute Gasteiger partial charge is 0.478 e. The van der Waals surface area contributed by atoms with Gasteiger partial charge < -0.3 is 14.5 Å². The van der Waals surface area contributed by atoms with Crippen LogP contribution in [0.25, 0.3) is 22.0 Å². The summed E-state index contributed by atoms with van der Waals surface area (Å²) in [5.41, 5.74) is -1.15. The topological polar surface area (TPSA) is 105 Å². The molecule has 4 aromatic rings. The molecule has 1 fully saturated rings. The molecule has 2 aromatic carbocycles. The Kier molecular flexibility index (Phi) is 5.85. The summed E-state index contributed by atoms with van der Waals surface area (Å²) in [5.74, 6) is -1.95. The summed E-state index contributed by atoms with van der Waals surface area (Å²) in [5, 5.41) is 13.5. The monoisotopic (exact) mass is 497 g/mol. The molecule has 36 heavy (non-hydrogen) atoms. The van der Waals surface area contributed by atoms with Crippen LogP contribution >= 0.6 is 0 Å². The average Bonchev–Trinajstić information content (AvgIpc) is 3.34. The number of nitrogens with zero attached hydrogens (tertiary/aromatic N) is 5. The molecule has 11 heteroatoms. The van der Waals surface area contributed by atoms with E-state index in [0.717, 1.165) is 12.1 Å². The Morgan fingerprint density at radius 1 is 1.14 bits per heavy atom.